The Labute approximate surface area is 177 Å². The third-order valence-corrected chi connectivity index (χ3v) is 4.96. The van der Waals surface area contributed by atoms with E-state index in [1.54, 1.807) is 72.6 Å². The summed E-state index contributed by atoms with van der Waals surface area (Å²) < 4.78 is 12.9. The molecule has 2 aromatic rings. The number of fused-ring (bicyclic) bond motifs is 1. The number of ether oxygens (including phenoxy) is 2. The number of carbonyl (C=O) groups excluding carboxylic acids is 2. The van der Waals surface area contributed by atoms with Gasteiger partial charge in [-0.1, -0.05) is 0 Å². The zero-order chi connectivity index (χ0) is 22.1. The Balaban J connectivity index is 1.91. The van der Waals surface area contributed by atoms with Crippen LogP contribution in [0.15, 0.2) is 65.7 Å². The Morgan fingerprint density at radius 1 is 0.903 bits per heavy atom. The van der Waals surface area contributed by atoms with Crippen molar-refractivity contribution in [1.82, 2.24) is 14.3 Å². The quantitative estimate of drug-likeness (QED) is 0.366. The standard InChI is InChI=1S/C23H19N3O5/c1-14(27)15-4-6-16(7-5-15)25-12-19-21(20(13-25)23(29)31-3)24-26(22(19)28)17-8-10-18(30-2)11-9-17/h4-13H,1-3H3. The number of ketones is 1. The number of rotatable bonds is 5. The van der Waals surface area contributed by atoms with E-state index >= 15 is 0 Å². The molecule has 0 N–H and O–H groups in total. The van der Waals surface area contributed by atoms with Gasteiger partial charge in [-0.25, -0.2) is 4.79 Å². The number of esters is 1. The highest BCUT2D eigenvalue weighted by atomic mass is 16.5. The third kappa shape index (κ3) is 3.59. The van der Waals surface area contributed by atoms with Crippen LogP contribution in [-0.4, -0.2) is 40.3 Å². The average Bonchev–Trinajstić information content (AvgIpc) is 3.14. The number of carbonyl (C=O) groups is 2. The number of Topliss-reactive ketones (excluding diaryl/α,β-unsaturated/α-hetero) is 1. The molecule has 0 unspecified atom stereocenters. The first-order valence-corrected chi connectivity index (χ1v) is 9.42. The second kappa shape index (κ2) is 7.91. The number of hydrogen-bond acceptors (Lipinski definition) is 6. The molecule has 31 heavy (non-hydrogen) atoms. The molecule has 0 bridgehead atoms. The fourth-order valence-corrected chi connectivity index (χ4v) is 3.28. The highest BCUT2D eigenvalue weighted by molar-refractivity contribution is 5.96. The Bertz CT molecular complexity index is 1300. The number of aromatic nitrogens is 3. The number of hydrogen-bond donors (Lipinski definition) is 0. The summed E-state index contributed by atoms with van der Waals surface area (Å²) in [5, 5.41) is 4.38. The summed E-state index contributed by atoms with van der Waals surface area (Å²) in [5.41, 5.74) is 2.05. The highest BCUT2D eigenvalue weighted by Crippen LogP contribution is 2.25. The fraction of sp³-hybridized carbons (Fsp3) is 0.130. The molecule has 0 atom stereocenters. The zero-order valence-electron chi connectivity index (χ0n) is 17.2. The van der Waals surface area contributed by atoms with Gasteiger partial charge in [0.05, 0.1) is 25.5 Å². The Kier molecular flexibility index (Phi) is 5.12. The monoisotopic (exact) mass is 417 g/mol. The molecule has 8 nitrogen and oxygen atoms in total. The largest absolute Gasteiger partial charge is 0.497 e. The summed E-state index contributed by atoms with van der Waals surface area (Å²) in [6.07, 6.45) is 3.17. The molecule has 2 aliphatic rings. The molecule has 0 saturated heterocycles. The van der Waals surface area contributed by atoms with Crippen LogP contribution in [0.2, 0.25) is 0 Å². The van der Waals surface area contributed by atoms with Gasteiger partial charge in [-0.3, -0.25) is 9.59 Å². The van der Waals surface area contributed by atoms with Crippen molar-refractivity contribution in [3.05, 3.63) is 82.4 Å². The van der Waals surface area contributed by atoms with Crippen LogP contribution in [0.5, 0.6) is 5.75 Å². The molecule has 0 radical (unpaired) electrons. The van der Waals surface area contributed by atoms with Crippen molar-refractivity contribution in [2.75, 3.05) is 14.2 Å². The van der Waals surface area contributed by atoms with E-state index in [9.17, 15) is 14.4 Å². The maximum Gasteiger partial charge on any atom is 0.341 e. The number of methoxy groups -OCH3 is 2. The minimum absolute atomic E-state index is 0.0511. The van der Waals surface area contributed by atoms with Gasteiger partial charge in [-0.15, -0.1) is 0 Å². The summed E-state index contributed by atoms with van der Waals surface area (Å²) >= 11 is 0. The van der Waals surface area contributed by atoms with E-state index in [0.29, 0.717) is 22.7 Å². The van der Waals surface area contributed by atoms with Crippen molar-refractivity contribution >= 4 is 11.8 Å². The minimum atomic E-state index is -0.612. The predicted molar refractivity (Wildman–Crippen MR) is 114 cm³/mol. The van der Waals surface area contributed by atoms with Gasteiger partial charge in [0, 0.05) is 23.6 Å². The van der Waals surface area contributed by atoms with Gasteiger partial charge in [0.25, 0.3) is 5.56 Å². The molecule has 0 spiro atoms. The van der Waals surface area contributed by atoms with Crippen molar-refractivity contribution in [3.8, 4) is 28.4 Å². The molecule has 4 rings (SSSR count). The van der Waals surface area contributed by atoms with Gasteiger partial charge >= 0.3 is 5.97 Å². The SMILES string of the molecule is COC(=O)c1cn(-c2ccc(C(C)=O)cc2)cc2c(=O)n(-c3ccc(OC)cc3)nc1-2. The Morgan fingerprint density at radius 2 is 1.55 bits per heavy atom. The lowest BCUT2D eigenvalue weighted by Crippen LogP contribution is -2.15. The third-order valence-electron chi connectivity index (χ3n) is 4.96. The summed E-state index contributed by atoms with van der Waals surface area (Å²) in [7, 11) is 2.83. The maximum absolute atomic E-state index is 13.1. The van der Waals surface area contributed by atoms with Crippen molar-refractivity contribution in [2.24, 2.45) is 0 Å². The normalized spacial score (nSPS) is 10.8. The van der Waals surface area contributed by atoms with Crippen molar-refractivity contribution < 1.29 is 19.1 Å². The van der Waals surface area contributed by atoms with Crippen LogP contribution in [0, 0.1) is 0 Å². The van der Waals surface area contributed by atoms with E-state index in [0.717, 1.165) is 0 Å². The van der Waals surface area contributed by atoms with E-state index in [1.165, 1.54) is 18.7 Å². The predicted octanol–water partition coefficient (Wildman–Crippen LogP) is 3.13. The van der Waals surface area contributed by atoms with Gasteiger partial charge in [0.2, 0.25) is 0 Å². The van der Waals surface area contributed by atoms with E-state index in [2.05, 4.69) is 5.10 Å². The first kappa shape index (κ1) is 20.1. The van der Waals surface area contributed by atoms with Crippen LogP contribution in [0.25, 0.3) is 22.6 Å². The van der Waals surface area contributed by atoms with Gasteiger partial charge in [-0.2, -0.15) is 9.78 Å². The van der Waals surface area contributed by atoms with E-state index < -0.39 is 5.97 Å². The first-order valence-electron chi connectivity index (χ1n) is 9.42. The lowest BCUT2D eigenvalue weighted by Gasteiger charge is -2.12. The molecule has 0 saturated carbocycles. The molecule has 2 aliphatic heterocycles. The van der Waals surface area contributed by atoms with Crippen LogP contribution in [-0.2, 0) is 4.74 Å². The van der Waals surface area contributed by atoms with Gasteiger partial charge in [0.15, 0.2) is 5.78 Å². The van der Waals surface area contributed by atoms with Crippen LogP contribution in [0.4, 0.5) is 0 Å². The zero-order valence-corrected chi connectivity index (χ0v) is 17.2. The number of nitrogens with zero attached hydrogens (tertiary/aromatic N) is 3. The molecule has 0 amide bonds. The molecular formula is C23H19N3O5. The second-order valence-electron chi connectivity index (χ2n) is 6.85. The molecule has 2 aromatic carbocycles. The van der Waals surface area contributed by atoms with Crippen molar-refractivity contribution in [3.63, 3.8) is 0 Å². The molecule has 0 aliphatic carbocycles. The van der Waals surface area contributed by atoms with E-state index in [-0.39, 0.29) is 28.2 Å². The maximum atomic E-state index is 13.1. The molecule has 0 aromatic heterocycles. The first-order chi connectivity index (χ1) is 14.9. The van der Waals surface area contributed by atoms with Crippen LogP contribution in [0.1, 0.15) is 27.6 Å². The van der Waals surface area contributed by atoms with Gasteiger partial charge in [0.1, 0.15) is 17.0 Å². The summed E-state index contributed by atoms with van der Waals surface area (Å²) in [6.45, 7) is 1.49. The number of pyridine rings is 1. The fourth-order valence-electron chi connectivity index (χ4n) is 3.28. The molecule has 0 fully saturated rings. The Morgan fingerprint density at radius 3 is 2.13 bits per heavy atom. The van der Waals surface area contributed by atoms with Crippen LogP contribution >= 0.6 is 0 Å². The average molecular weight is 417 g/mol. The highest BCUT2D eigenvalue weighted by Gasteiger charge is 2.25. The van der Waals surface area contributed by atoms with Gasteiger partial charge < -0.3 is 14.0 Å². The lowest BCUT2D eigenvalue weighted by molar-refractivity contribution is 0.0600. The van der Waals surface area contributed by atoms with Gasteiger partial charge in [-0.05, 0) is 55.5 Å². The van der Waals surface area contributed by atoms with E-state index in [1.807, 2.05) is 0 Å². The summed E-state index contributed by atoms with van der Waals surface area (Å²) in [5.74, 6) is -0.0149. The van der Waals surface area contributed by atoms with Crippen LogP contribution < -0.4 is 10.3 Å². The smallest absolute Gasteiger partial charge is 0.341 e. The molecular weight excluding hydrogens is 398 g/mol. The van der Waals surface area contributed by atoms with Crippen molar-refractivity contribution in [2.45, 2.75) is 6.92 Å². The molecule has 8 heteroatoms. The topological polar surface area (TPSA) is 92.4 Å². The van der Waals surface area contributed by atoms with E-state index in [4.69, 9.17) is 9.47 Å². The summed E-state index contributed by atoms with van der Waals surface area (Å²) in [6, 6.07) is 13.7. The molecule has 2 heterocycles. The number of benzene rings is 2. The van der Waals surface area contributed by atoms with Crippen molar-refractivity contribution in [1.29, 1.82) is 0 Å². The second-order valence-corrected chi connectivity index (χ2v) is 6.85. The van der Waals surface area contributed by atoms with Crippen LogP contribution in [0.3, 0.4) is 0 Å². The lowest BCUT2D eigenvalue weighted by atomic mass is 10.1. The summed E-state index contributed by atoms with van der Waals surface area (Å²) in [4.78, 5) is 37.1. The minimum Gasteiger partial charge on any atom is -0.497 e. The molecule has 156 valence electrons. The Hall–Kier alpha value is -4.20.